The molecule has 0 nitrogen and oxygen atoms in total. The lowest BCUT2D eigenvalue weighted by Gasteiger charge is -2.33. The molecular weight excluding hydrogens is 432 g/mol. The van der Waals surface area contributed by atoms with Crippen molar-refractivity contribution in [3.8, 4) is 0 Å². The van der Waals surface area contributed by atoms with Gasteiger partial charge < -0.3 is 0 Å². The quantitative estimate of drug-likeness (QED) is 0.375. The molecule has 0 bridgehead atoms. The molecule has 2 aliphatic carbocycles. The van der Waals surface area contributed by atoms with Gasteiger partial charge in [0.2, 0.25) is 0 Å². The molecule has 0 aromatic heterocycles. The molecule has 198 valence electrons. The second-order valence-electron chi connectivity index (χ2n) is 6.30. The van der Waals surface area contributed by atoms with Gasteiger partial charge in [-0.15, -0.1) is 0 Å². The van der Waals surface area contributed by atoms with E-state index in [-0.39, 0.29) is 0 Å². The summed E-state index contributed by atoms with van der Waals surface area (Å²) in [6, 6.07) is 8.49. The monoisotopic (exact) mass is 486 g/mol. The lowest BCUT2D eigenvalue weighted by atomic mass is 9.67. The largest absolute Gasteiger partial charge is 0.0987 e. The van der Waals surface area contributed by atoms with E-state index in [4.69, 9.17) is 0 Å². The highest BCUT2D eigenvalue weighted by Gasteiger charge is 2.51. The van der Waals surface area contributed by atoms with E-state index in [0.717, 1.165) is 27.9 Å². The van der Waals surface area contributed by atoms with Crippen molar-refractivity contribution >= 4 is 5.57 Å². The first-order valence-corrected chi connectivity index (χ1v) is 13.8. The zero-order valence-corrected chi connectivity index (χ0v) is 25.4. The number of rotatable bonds is 6. The first-order chi connectivity index (χ1) is 17.7. The highest BCUT2D eigenvalue weighted by molar-refractivity contribution is 5.94. The number of fused-ring (bicyclic) bond motifs is 2. The van der Waals surface area contributed by atoms with Crippen LogP contribution < -0.4 is 0 Å². The molecule has 36 heavy (non-hydrogen) atoms. The second kappa shape index (κ2) is 21.2. The van der Waals surface area contributed by atoms with Gasteiger partial charge in [-0.1, -0.05) is 169 Å². The molecule has 0 heteroatoms. The Morgan fingerprint density at radius 2 is 0.917 bits per heavy atom. The highest BCUT2D eigenvalue weighted by Crippen LogP contribution is 2.61. The van der Waals surface area contributed by atoms with Gasteiger partial charge in [0.25, 0.3) is 0 Å². The van der Waals surface area contributed by atoms with E-state index in [1.807, 2.05) is 107 Å². The third-order valence-electron chi connectivity index (χ3n) is 5.35. The minimum absolute atomic E-state index is 0.455. The Balaban J connectivity index is -0.000000973. The minimum atomic E-state index is -0.455. The van der Waals surface area contributed by atoms with E-state index in [1.165, 1.54) is 16.7 Å². The summed E-state index contributed by atoms with van der Waals surface area (Å²) >= 11 is 0. The normalized spacial score (nSPS) is 16.4. The molecule has 0 heterocycles. The fourth-order valence-electron chi connectivity index (χ4n) is 4.52. The Kier molecular flexibility index (Phi) is 22.0. The molecule has 1 aromatic carbocycles. The van der Waals surface area contributed by atoms with E-state index in [9.17, 15) is 0 Å². The zero-order valence-electron chi connectivity index (χ0n) is 25.4. The third kappa shape index (κ3) is 6.55. The summed E-state index contributed by atoms with van der Waals surface area (Å²) in [6.45, 7) is 42.5. The van der Waals surface area contributed by atoms with Gasteiger partial charge in [-0.25, -0.2) is 0 Å². The second-order valence-corrected chi connectivity index (χ2v) is 6.30. The molecule has 0 saturated carbocycles. The maximum atomic E-state index is 4.15. The van der Waals surface area contributed by atoms with Gasteiger partial charge in [0.1, 0.15) is 0 Å². The fraction of sp³-hybridized carbons (Fsp3) is 0.333. The van der Waals surface area contributed by atoms with Crippen LogP contribution in [0.15, 0.2) is 128 Å². The summed E-state index contributed by atoms with van der Waals surface area (Å²) in [5.41, 5.74) is 8.67. The topological polar surface area (TPSA) is 0 Å². The predicted molar refractivity (Wildman–Crippen MR) is 172 cm³/mol. The molecule has 0 amide bonds. The van der Waals surface area contributed by atoms with Gasteiger partial charge in [0.15, 0.2) is 0 Å². The Morgan fingerprint density at radius 1 is 0.528 bits per heavy atom. The van der Waals surface area contributed by atoms with Crippen LogP contribution >= 0.6 is 0 Å². The molecule has 2 aliphatic rings. The van der Waals surface area contributed by atoms with Gasteiger partial charge >= 0.3 is 0 Å². The summed E-state index contributed by atoms with van der Waals surface area (Å²) < 4.78 is 0. The van der Waals surface area contributed by atoms with E-state index in [0.29, 0.717) is 0 Å². The third-order valence-corrected chi connectivity index (χ3v) is 5.35. The smallest absolute Gasteiger partial charge is 0.0725 e. The summed E-state index contributed by atoms with van der Waals surface area (Å²) in [5.74, 6) is 0. The van der Waals surface area contributed by atoms with Crippen molar-refractivity contribution in [3.05, 3.63) is 139 Å². The minimum Gasteiger partial charge on any atom is -0.0987 e. The van der Waals surface area contributed by atoms with Gasteiger partial charge in [-0.3, -0.25) is 0 Å². The SMILES string of the molecule is C=CC1=C(C=C)C2(C(C=C)=C(C=C)c3ccccc32)C(/C=C\C)=C1C=C.CC.CC.CC.CC.CC. The number of allylic oxidation sites excluding steroid dienone is 13. The average Bonchev–Trinajstić information content (AvgIpc) is 3.42. The van der Waals surface area contributed by atoms with Crippen molar-refractivity contribution in [2.45, 2.75) is 81.6 Å². The molecule has 1 spiro atoms. The van der Waals surface area contributed by atoms with E-state index in [2.05, 4.69) is 69.3 Å². The Labute approximate surface area is 225 Å². The molecule has 1 unspecified atom stereocenters. The lowest BCUT2D eigenvalue weighted by molar-refractivity contribution is 0.772. The van der Waals surface area contributed by atoms with Crippen molar-refractivity contribution in [1.29, 1.82) is 0 Å². The average molecular weight is 487 g/mol. The Bertz CT molecular complexity index is 969. The van der Waals surface area contributed by atoms with E-state index in [1.54, 1.807) is 0 Å². The maximum absolute atomic E-state index is 4.15. The fourth-order valence-corrected chi connectivity index (χ4v) is 4.52. The van der Waals surface area contributed by atoms with Crippen molar-refractivity contribution in [2.24, 2.45) is 0 Å². The molecule has 0 aliphatic heterocycles. The summed E-state index contributed by atoms with van der Waals surface area (Å²) in [6.07, 6.45) is 13.9. The maximum Gasteiger partial charge on any atom is 0.0725 e. The number of hydrogen-bond donors (Lipinski definition) is 0. The van der Waals surface area contributed by atoms with Gasteiger partial charge in [-0.2, -0.15) is 0 Å². The molecule has 0 saturated heterocycles. The molecule has 0 radical (unpaired) electrons. The zero-order chi connectivity index (χ0) is 28.9. The standard InChI is InChI=1S/C26H24.5C2H6/c1-7-15-24-19(9-3)18(8-2)22(11-5)26(24)23(12-6)20(10-4)21-16-13-14-17-25(21)26;5*1-2/h7-17H,2-6H2,1H3;5*1-2H3/b15-7-;;;;;. The van der Waals surface area contributed by atoms with Crippen molar-refractivity contribution in [3.63, 3.8) is 0 Å². The molecule has 1 atom stereocenters. The van der Waals surface area contributed by atoms with Crippen LogP contribution in [0.5, 0.6) is 0 Å². The van der Waals surface area contributed by atoms with Crippen LogP contribution in [0.4, 0.5) is 0 Å². The summed E-state index contributed by atoms with van der Waals surface area (Å²) in [4.78, 5) is 0. The van der Waals surface area contributed by atoms with Crippen LogP contribution in [0, 0.1) is 0 Å². The van der Waals surface area contributed by atoms with E-state index >= 15 is 0 Å². The first-order valence-electron chi connectivity index (χ1n) is 13.8. The molecular formula is C36H54. The molecule has 0 N–H and O–H groups in total. The summed E-state index contributed by atoms with van der Waals surface area (Å²) in [5, 5.41) is 0. The van der Waals surface area contributed by atoms with Crippen LogP contribution in [0.3, 0.4) is 0 Å². The molecule has 0 fully saturated rings. The van der Waals surface area contributed by atoms with Gasteiger partial charge in [0.05, 0.1) is 5.41 Å². The van der Waals surface area contributed by atoms with Gasteiger partial charge in [0, 0.05) is 0 Å². The Morgan fingerprint density at radius 3 is 1.31 bits per heavy atom. The Hall–Kier alpha value is -3.12. The molecule has 1 aromatic rings. The number of benzene rings is 1. The van der Waals surface area contributed by atoms with Crippen LogP contribution in [0.25, 0.3) is 5.57 Å². The number of hydrogen-bond acceptors (Lipinski definition) is 0. The van der Waals surface area contributed by atoms with Crippen LogP contribution in [0.1, 0.15) is 87.3 Å². The van der Waals surface area contributed by atoms with E-state index < -0.39 is 5.41 Å². The van der Waals surface area contributed by atoms with Crippen molar-refractivity contribution in [1.82, 2.24) is 0 Å². The lowest BCUT2D eigenvalue weighted by Crippen LogP contribution is -2.28. The molecule has 3 rings (SSSR count). The van der Waals surface area contributed by atoms with Crippen LogP contribution in [-0.2, 0) is 5.41 Å². The predicted octanol–water partition coefficient (Wildman–Crippen LogP) is 11.9. The first kappa shape index (κ1) is 37.4. The van der Waals surface area contributed by atoms with Crippen LogP contribution in [0.2, 0.25) is 0 Å². The summed E-state index contributed by atoms with van der Waals surface area (Å²) in [7, 11) is 0. The van der Waals surface area contributed by atoms with Crippen molar-refractivity contribution < 1.29 is 0 Å². The van der Waals surface area contributed by atoms with Crippen molar-refractivity contribution in [2.75, 3.05) is 0 Å². The van der Waals surface area contributed by atoms with Crippen LogP contribution in [-0.4, -0.2) is 0 Å². The highest BCUT2D eigenvalue weighted by atomic mass is 14.5. The van der Waals surface area contributed by atoms with Gasteiger partial charge in [-0.05, 0) is 51.5 Å².